The van der Waals surface area contributed by atoms with Gasteiger partial charge in [0.25, 0.3) is 5.91 Å². The Morgan fingerprint density at radius 3 is 2.50 bits per heavy atom. The Morgan fingerprint density at radius 2 is 1.82 bits per heavy atom. The highest BCUT2D eigenvalue weighted by Gasteiger charge is 2.50. The van der Waals surface area contributed by atoms with Crippen LogP contribution in [0.15, 0.2) is 48.5 Å². The summed E-state index contributed by atoms with van der Waals surface area (Å²) >= 11 is 0. The van der Waals surface area contributed by atoms with E-state index >= 15 is 0 Å². The molecule has 3 atom stereocenters. The van der Waals surface area contributed by atoms with Crippen molar-refractivity contribution in [1.82, 2.24) is 4.90 Å². The molecule has 1 heterocycles. The molecule has 1 aliphatic heterocycles. The molecule has 0 unspecified atom stereocenters. The van der Waals surface area contributed by atoms with Gasteiger partial charge in [-0.05, 0) is 61.2 Å². The first-order chi connectivity index (χ1) is 13.5. The van der Waals surface area contributed by atoms with Gasteiger partial charge in [0.05, 0.1) is 18.8 Å². The first-order valence-electron chi connectivity index (χ1n) is 9.95. The Hall–Kier alpha value is -2.40. The van der Waals surface area contributed by atoms with Gasteiger partial charge in [-0.15, -0.1) is 0 Å². The minimum atomic E-state index is -0.734. The van der Waals surface area contributed by atoms with Crippen molar-refractivity contribution >= 4 is 5.91 Å². The fourth-order valence-corrected chi connectivity index (χ4v) is 4.88. The molecular weight excluding hydrogens is 357 g/mol. The molecule has 5 heteroatoms. The minimum Gasteiger partial charge on any atom is -0.497 e. The highest BCUT2D eigenvalue weighted by atomic mass is 19.1. The van der Waals surface area contributed by atoms with Gasteiger partial charge >= 0.3 is 0 Å². The van der Waals surface area contributed by atoms with Crippen molar-refractivity contribution in [2.24, 2.45) is 5.92 Å². The van der Waals surface area contributed by atoms with Crippen LogP contribution in [0.5, 0.6) is 5.75 Å². The summed E-state index contributed by atoms with van der Waals surface area (Å²) in [6.45, 7) is 0.486. The zero-order chi connectivity index (χ0) is 19.7. The Kier molecular flexibility index (Phi) is 5.11. The number of carbonyl (C=O) groups is 1. The number of ether oxygens (including phenoxy) is 1. The third kappa shape index (κ3) is 3.39. The molecule has 1 aliphatic carbocycles. The Morgan fingerprint density at radius 1 is 1.11 bits per heavy atom. The number of hydrogen-bond donors (Lipinski definition) is 1. The van der Waals surface area contributed by atoms with Crippen molar-refractivity contribution in [2.45, 2.75) is 43.7 Å². The largest absolute Gasteiger partial charge is 0.497 e. The number of nitrogens with zero attached hydrogens (tertiary/aromatic N) is 1. The summed E-state index contributed by atoms with van der Waals surface area (Å²) in [7, 11) is 1.62. The lowest BCUT2D eigenvalue weighted by molar-refractivity contribution is -0.115. The van der Waals surface area contributed by atoms with Gasteiger partial charge in [0.15, 0.2) is 0 Å². The fourth-order valence-electron chi connectivity index (χ4n) is 4.88. The molecule has 0 aromatic heterocycles. The monoisotopic (exact) mass is 383 g/mol. The second-order valence-electron chi connectivity index (χ2n) is 7.93. The molecule has 1 saturated heterocycles. The van der Waals surface area contributed by atoms with E-state index in [1.54, 1.807) is 7.11 Å². The van der Waals surface area contributed by atoms with Gasteiger partial charge in [-0.25, -0.2) is 4.39 Å². The fraction of sp³-hybridized carbons (Fsp3) is 0.435. The molecule has 2 aliphatic rings. The van der Waals surface area contributed by atoms with E-state index < -0.39 is 5.60 Å². The van der Waals surface area contributed by atoms with Gasteiger partial charge in [-0.2, -0.15) is 0 Å². The summed E-state index contributed by atoms with van der Waals surface area (Å²) < 4.78 is 18.6. The third-order valence-electron chi connectivity index (χ3n) is 6.38. The lowest BCUT2D eigenvalue weighted by Gasteiger charge is -2.52. The molecule has 1 N–H and O–H groups in total. The molecular formula is C23H26FNO3. The molecule has 28 heavy (non-hydrogen) atoms. The summed E-state index contributed by atoms with van der Waals surface area (Å²) in [4.78, 5) is 15.2. The predicted molar refractivity (Wildman–Crippen MR) is 105 cm³/mol. The minimum absolute atomic E-state index is 0.00667. The molecule has 2 fully saturated rings. The lowest BCUT2D eigenvalue weighted by atomic mass is 9.66. The number of halogens is 1. The van der Waals surface area contributed by atoms with Gasteiger partial charge in [-0.3, -0.25) is 4.79 Å². The number of methoxy groups -OCH3 is 1. The zero-order valence-corrected chi connectivity index (χ0v) is 16.1. The Labute approximate surface area is 164 Å². The first kappa shape index (κ1) is 18.9. The van der Waals surface area contributed by atoms with Crippen LogP contribution >= 0.6 is 0 Å². The number of likely N-dealkylation sites (tertiary alicyclic amines) is 1. The average Bonchev–Trinajstić information content (AvgIpc) is 2.73. The van der Waals surface area contributed by atoms with E-state index in [0.717, 1.165) is 37.0 Å². The zero-order valence-electron chi connectivity index (χ0n) is 16.1. The lowest BCUT2D eigenvalue weighted by Crippen LogP contribution is -2.56. The molecule has 1 saturated carbocycles. The maximum absolute atomic E-state index is 13.3. The summed E-state index contributed by atoms with van der Waals surface area (Å²) in [5, 5.41) is 11.3. The van der Waals surface area contributed by atoms with Crippen molar-refractivity contribution in [3.63, 3.8) is 0 Å². The number of fused-ring (bicyclic) bond motifs is 1. The molecule has 0 radical (unpaired) electrons. The highest BCUT2D eigenvalue weighted by Crippen LogP contribution is 2.49. The second kappa shape index (κ2) is 7.55. The number of aliphatic hydroxyl groups is 1. The van der Waals surface area contributed by atoms with Crippen LogP contribution in [0.4, 0.5) is 4.39 Å². The van der Waals surface area contributed by atoms with Crippen molar-refractivity contribution in [1.29, 1.82) is 0 Å². The van der Waals surface area contributed by atoms with Gasteiger partial charge in [0, 0.05) is 18.0 Å². The van der Waals surface area contributed by atoms with Crippen LogP contribution in [0.2, 0.25) is 0 Å². The van der Waals surface area contributed by atoms with E-state index in [1.807, 2.05) is 29.2 Å². The van der Waals surface area contributed by atoms with E-state index in [-0.39, 0.29) is 23.7 Å². The standard InChI is InChI=1S/C23H26FNO3/c1-28-19-11-7-16(8-12-19)21-20-4-2-3-13-23(20,27)14-15-25(21)22(26)17-5-9-18(24)10-6-17/h5-12,20-21,27H,2-4,13-15H2,1H3/t20-,21-,23-/m0/s1. The van der Waals surface area contributed by atoms with E-state index in [0.29, 0.717) is 18.5 Å². The summed E-state index contributed by atoms with van der Waals surface area (Å²) in [5.74, 6) is 0.277. The second-order valence-corrected chi connectivity index (χ2v) is 7.93. The SMILES string of the molecule is COc1ccc([C@H]2[C@@H]3CCCC[C@]3(O)CCN2C(=O)c2ccc(F)cc2)cc1. The van der Waals surface area contributed by atoms with Gasteiger partial charge < -0.3 is 14.7 Å². The topological polar surface area (TPSA) is 49.8 Å². The molecule has 2 aromatic rings. The molecule has 148 valence electrons. The number of benzene rings is 2. The summed E-state index contributed by atoms with van der Waals surface area (Å²) in [6, 6.07) is 13.2. The molecule has 4 nitrogen and oxygen atoms in total. The van der Waals surface area contributed by atoms with Crippen LogP contribution in [-0.2, 0) is 0 Å². The number of carbonyl (C=O) groups excluding carboxylic acids is 1. The van der Waals surface area contributed by atoms with Crippen LogP contribution in [-0.4, -0.2) is 35.2 Å². The van der Waals surface area contributed by atoms with Crippen LogP contribution in [0.1, 0.15) is 54.1 Å². The molecule has 2 aromatic carbocycles. The summed E-state index contributed by atoms with van der Waals surface area (Å²) in [6.07, 6.45) is 4.33. The number of piperidine rings is 1. The molecule has 0 spiro atoms. The number of amides is 1. The van der Waals surface area contributed by atoms with Crippen molar-refractivity contribution < 1.29 is 19.0 Å². The average molecular weight is 383 g/mol. The third-order valence-corrected chi connectivity index (χ3v) is 6.38. The smallest absolute Gasteiger partial charge is 0.254 e. The maximum Gasteiger partial charge on any atom is 0.254 e. The van der Waals surface area contributed by atoms with Crippen molar-refractivity contribution in [3.05, 3.63) is 65.5 Å². The van der Waals surface area contributed by atoms with Gasteiger partial charge in [0.2, 0.25) is 0 Å². The van der Waals surface area contributed by atoms with Crippen LogP contribution < -0.4 is 4.74 Å². The summed E-state index contributed by atoms with van der Waals surface area (Å²) in [5.41, 5.74) is 0.741. The molecule has 1 amide bonds. The Bertz CT molecular complexity index is 836. The van der Waals surface area contributed by atoms with Crippen LogP contribution in [0, 0.1) is 11.7 Å². The first-order valence-corrected chi connectivity index (χ1v) is 9.95. The van der Waals surface area contributed by atoms with E-state index in [4.69, 9.17) is 4.74 Å². The van der Waals surface area contributed by atoms with E-state index in [9.17, 15) is 14.3 Å². The van der Waals surface area contributed by atoms with Gasteiger partial charge in [0.1, 0.15) is 11.6 Å². The number of rotatable bonds is 3. The maximum atomic E-state index is 13.3. The molecule has 4 rings (SSSR count). The quantitative estimate of drug-likeness (QED) is 0.858. The molecule has 0 bridgehead atoms. The van der Waals surface area contributed by atoms with Gasteiger partial charge in [-0.1, -0.05) is 25.0 Å². The normalized spacial score (nSPS) is 27.2. The van der Waals surface area contributed by atoms with Crippen molar-refractivity contribution in [2.75, 3.05) is 13.7 Å². The van der Waals surface area contributed by atoms with E-state index in [1.165, 1.54) is 24.3 Å². The predicted octanol–water partition coefficient (Wildman–Crippen LogP) is 4.34. The van der Waals surface area contributed by atoms with Crippen LogP contribution in [0.25, 0.3) is 0 Å². The van der Waals surface area contributed by atoms with Crippen LogP contribution in [0.3, 0.4) is 0 Å². The number of hydrogen-bond acceptors (Lipinski definition) is 3. The van der Waals surface area contributed by atoms with Crippen molar-refractivity contribution in [3.8, 4) is 5.75 Å². The Balaban J connectivity index is 1.72. The highest BCUT2D eigenvalue weighted by molar-refractivity contribution is 5.94. The van der Waals surface area contributed by atoms with E-state index in [2.05, 4.69) is 0 Å².